The lowest BCUT2D eigenvalue weighted by Crippen LogP contribution is -2.11. The summed E-state index contributed by atoms with van der Waals surface area (Å²) in [5.41, 5.74) is -0.875. The van der Waals surface area contributed by atoms with Crippen molar-refractivity contribution < 1.29 is 23.1 Å². The molecule has 1 aromatic heterocycles. The maximum absolute atomic E-state index is 12.2. The average Bonchev–Trinajstić information content (AvgIpc) is 2.48. The minimum Gasteiger partial charge on any atom is -0.481 e. The summed E-state index contributed by atoms with van der Waals surface area (Å²) in [5.74, 6) is -1.08. The first-order valence-electron chi connectivity index (χ1n) is 4.14. The summed E-state index contributed by atoms with van der Waals surface area (Å²) in [7, 11) is 0. The molecule has 84 valence electrons. The molecule has 0 aliphatic rings. The van der Waals surface area contributed by atoms with Crippen LogP contribution in [-0.2, 0) is 11.0 Å². The minimum absolute atomic E-state index is 0.265. The van der Waals surface area contributed by atoms with Crippen LogP contribution in [0.2, 0.25) is 0 Å². The van der Waals surface area contributed by atoms with E-state index in [4.69, 9.17) is 5.11 Å². The van der Waals surface area contributed by atoms with Crippen molar-refractivity contribution in [2.24, 2.45) is 0 Å². The highest BCUT2D eigenvalue weighted by molar-refractivity contribution is 5.67. The molecule has 0 saturated carbocycles. The molecule has 1 heterocycles. The van der Waals surface area contributed by atoms with Gasteiger partial charge in [0, 0.05) is 6.20 Å². The second kappa shape index (κ2) is 3.92. The zero-order valence-corrected chi connectivity index (χ0v) is 7.82. The predicted molar refractivity (Wildman–Crippen MR) is 44.2 cm³/mol. The smallest absolute Gasteiger partial charge is 0.419 e. The summed E-state index contributed by atoms with van der Waals surface area (Å²) in [5, 5.41) is 11.9. The van der Waals surface area contributed by atoms with Crippen LogP contribution >= 0.6 is 0 Å². The third-order valence-electron chi connectivity index (χ3n) is 1.85. The van der Waals surface area contributed by atoms with E-state index >= 15 is 0 Å². The van der Waals surface area contributed by atoms with Gasteiger partial charge in [0.2, 0.25) is 0 Å². The van der Waals surface area contributed by atoms with Gasteiger partial charge in [-0.2, -0.15) is 18.3 Å². The molecule has 7 heteroatoms. The number of carbonyl (C=O) groups is 1. The van der Waals surface area contributed by atoms with Crippen molar-refractivity contribution in [3.63, 3.8) is 0 Å². The second-order valence-corrected chi connectivity index (χ2v) is 3.15. The molecule has 1 unspecified atom stereocenters. The van der Waals surface area contributed by atoms with Gasteiger partial charge in [0.25, 0.3) is 0 Å². The van der Waals surface area contributed by atoms with Gasteiger partial charge < -0.3 is 5.11 Å². The van der Waals surface area contributed by atoms with Crippen LogP contribution in [0.4, 0.5) is 13.2 Å². The van der Waals surface area contributed by atoms with Crippen LogP contribution in [0.1, 0.15) is 24.9 Å². The summed E-state index contributed by atoms with van der Waals surface area (Å²) in [6.45, 7) is 1.49. The first kappa shape index (κ1) is 11.5. The van der Waals surface area contributed by atoms with Crippen LogP contribution in [0.3, 0.4) is 0 Å². The molecular formula is C8H9F3N2O2. The Morgan fingerprint density at radius 1 is 1.67 bits per heavy atom. The molecule has 0 spiro atoms. The standard InChI is InChI=1S/C8H9F3N2O2/c1-5(2-7(14)15)13-4-6(3-12-13)8(9,10)11/h3-5H,2H2,1H3,(H,14,15). The Bertz CT molecular complexity index is 359. The van der Waals surface area contributed by atoms with Crippen molar-refractivity contribution in [1.29, 1.82) is 0 Å². The lowest BCUT2D eigenvalue weighted by molar-refractivity contribution is -0.138. The van der Waals surface area contributed by atoms with E-state index in [0.717, 1.165) is 10.9 Å². The molecule has 0 fully saturated rings. The third-order valence-corrected chi connectivity index (χ3v) is 1.85. The molecule has 1 atom stereocenters. The Hall–Kier alpha value is -1.53. The van der Waals surface area contributed by atoms with Gasteiger partial charge in [-0.15, -0.1) is 0 Å². The van der Waals surface area contributed by atoms with Crippen molar-refractivity contribution in [1.82, 2.24) is 9.78 Å². The zero-order valence-electron chi connectivity index (χ0n) is 7.82. The van der Waals surface area contributed by atoms with Gasteiger partial charge in [0.05, 0.1) is 24.2 Å². The van der Waals surface area contributed by atoms with E-state index in [0.29, 0.717) is 6.20 Å². The van der Waals surface area contributed by atoms with Crippen molar-refractivity contribution in [2.45, 2.75) is 25.6 Å². The highest BCUT2D eigenvalue weighted by Gasteiger charge is 2.32. The van der Waals surface area contributed by atoms with Gasteiger partial charge in [0.15, 0.2) is 0 Å². The molecule has 0 aliphatic carbocycles. The van der Waals surface area contributed by atoms with Crippen LogP contribution in [0.5, 0.6) is 0 Å². The first-order chi connectivity index (χ1) is 6.80. The van der Waals surface area contributed by atoms with Crippen LogP contribution in [-0.4, -0.2) is 20.9 Å². The third kappa shape index (κ3) is 2.97. The maximum Gasteiger partial charge on any atom is 0.419 e. The van der Waals surface area contributed by atoms with E-state index in [-0.39, 0.29) is 6.42 Å². The van der Waals surface area contributed by atoms with Gasteiger partial charge >= 0.3 is 12.1 Å². The molecule has 0 saturated heterocycles. The maximum atomic E-state index is 12.2. The van der Waals surface area contributed by atoms with Crippen LogP contribution < -0.4 is 0 Å². The molecule has 1 aromatic rings. The van der Waals surface area contributed by atoms with Gasteiger partial charge in [-0.3, -0.25) is 9.48 Å². The average molecular weight is 222 g/mol. The van der Waals surface area contributed by atoms with E-state index in [9.17, 15) is 18.0 Å². The SMILES string of the molecule is CC(CC(=O)O)n1cc(C(F)(F)F)cn1. The van der Waals surface area contributed by atoms with Crippen LogP contribution in [0.15, 0.2) is 12.4 Å². The van der Waals surface area contributed by atoms with Gasteiger partial charge in [-0.05, 0) is 6.92 Å². The summed E-state index contributed by atoms with van der Waals surface area (Å²) < 4.78 is 37.5. The number of aromatic nitrogens is 2. The number of nitrogens with zero attached hydrogens (tertiary/aromatic N) is 2. The molecule has 1 rings (SSSR count). The predicted octanol–water partition coefficient (Wildman–Crippen LogP) is 1.94. The lowest BCUT2D eigenvalue weighted by atomic mass is 10.2. The van der Waals surface area contributed by atoms with Crippen molar-refractivity contribution in [3.05, 3.63) is 18.0 Å². The number of hydrogen-bond acceptors (Lipinski definition) is 2. The van der Waals surface area contributed by atoms with Gasteiger partial charge in [0.1, 0.15) is 0 Å². The second-order valence-electron chi connectivity index (χ2n) is 3.15. The molecule has 0 amide bonds. The van der Waals surface area contributed by atoms with Crippen molar-refractivity contribution in [2.75, 3.05) is 0 Å². The van der Waals surface area contributed by atoms with E-state index in [1.54, 1.807) is 0 Å². The van der Waals surface area contributed by atoms with Gasteiger partial charge in [-0.25, -0.2) is 0 Å². The summed E-state index contributed by atoms with van der Waals surface area (Å²) in [6, 6.07) is -0.599. The monoisotopic (exact) mass is 222 g/mol. The largest absolute Gasteiger partial charge is 0.481 e. The molecule has 4 nitrogen and oxygen atoms in total. The Morgan fingerprint density at radius 2 is 2.27 bits per heavy atom. The highest BCUT2D eigenvalue weighted by atomic mass is 19.4. The fraction of sp³-hybridized carbons (Fsp3) is 0.500. The number of carboxylic acid groups (broad SMARTS) is 1. The number of hydrogen-bond donors (Lipinski definition) is 1. The van der Waals surface area contributed by atoms with Crippen molar-refractivity contribution >= 4 is 5.97 Å². The number of alkyl halides is 3. The zero-order chi connectivity index (χ0) is 11.6. The van der Waals surface area contributed by atoms with Gasteiger partial charge in [-0.1, -0.05) is 0 Å². The molecule has 0 aromatic carbocycles. The minimum atomic E-state index is -4.44. The summed E-state index contributed by atoms with van der Waals surface area (Å²) in [4.78, 5) is 10.3. The fourth-order valence-corrected chi connectivity index (χ4v) is 1.07. The van der Waals surface area contributed by atoms with Crippen LogP contribution in [0.25, 0.3) is 0 Å². The molecule has 0 bridgehead atoms. The van der Waals surface area contributed by atoms with E-state index in [2.05, 4.69) is 5.10 Å². The molecule has 1 N–H and O–H groups in total. The normalized spacial score (nSPS) is 13.9. The molecule has 15 heavy (non-hydrogen) atoms. The van der Waals surface area contributed by atoms with E-state index < -0.39 is 23.8 Å². The number of halogens is 3. The fourth-order valence-electron chi connectivity index (χ4n) is 1.07. The van der Waals surface area contributed by atoms with E-state index in [1.165, 1.54) is 6.92 Å². The van der Waals surface area contributed by atoms with Crippen LogP contribution in [0, 0.1) is 0 Å². The summed E-state index contributed by atoms with van der Waals surface area (Å²) in [6.07, 6.45) is -3.23. The Balaban J connectivity index is 2.80. The Labute approximate surface area is 83.3 Å². The first-order valence-corrected chi connectivity index (χ1v) is 4.14. The highest BCUT2D eigenvalue weighted by Crippen LogP contribution is 2.29. The summed E-state index contributed by atoms with van der Waals surface area (Å²) >= 11 is 0. The number of carboxylic acids is 1. The molecule has 0 aliphatic heterocycles. The number of aliphatic carboxylic acids is 1. The van der Waals surface area contributed by atoms with E-state index in [1.807, 2.05) is 0 Å². The Kier molecular flexibility index (Phi) is 3.01. The quantitative estimate of drug-likeness (QED) is 0.850. The topological polar surface area (TPSA) is 55.1 Å². The lowest BCUT2D eigenvalue weighted by Gasteiger charge is -2.08. The molecular weight excluding hydrogens is 213 g/mol. The van der Waals surface area contributed by atoms with Crippen molar-refractivity contribution in [3.8, 4) is 0 Å². The Morgan fingerprint density at radius 3 is 2.67 bits per heavy atom. The molecule has 0 radical (unpaired) electrons. The number of rotatable bonds is 3.